The van der Waals surface area contributed by atoms with Crippen molar-refractivity contribution in [1.29, 1.82) is 0 Å². The van der Waals surface area contributed by atoms with E-state index in [2.05, 4.69) is 4.98 Å². The molecule has 2 rings (SSSR count). The maximum absolute atomic E-state index is 11.4. The van der Waals surface area contributed by atoms with E-state index in [1.807, 2.05) is 13.0 Å². The number of hydrogen-bond acceptors (Lipinski definition) is 3. The molecule has 1 aromatic carbocycles. The summed E-state index contributed by atoms with van der Waals surface area (Å²) in [7, 11) is -3.17. The van der Waals surface area contributed by atoms with Gasteiger partial charge in [-0.05, 0) is 36.2 Å². The first-order chi connectivity index (χ1) is 8.38. The Morgan fingerprint density at radius 1 is 1.17 bits per heavy atom. The first-order valence-corrected chi connectivity index (χ1v) is 7.57. The molecule has 0 fully saturated rings. The third-order valence-electron chi connectivity index (χ3n) is 2.57. The fourth-order valence-corrected chi connectivity index (χ4v) is 2.48. The molecule has 1 heterocycles. The highest BCUT2D eigenvalue weighted by atomic mass is 35.5. The molecule has 0 aliphatic rings. The molecule has 0 amide bonds. The van der Waals surface area contributed by atoms with Crippen LogP contribution in [-0.4, -0.2) is 19.7 Å². The predicted molar refractivity (Wildman–Crippen MR) is 72.5 cm³/mol. The van der Waals surface area contributed by atoms with Crippen molar-refractivity contribution in [1.82, 2.24) is 4.98 Å². The molecular weight excluding hydrogens is 270 g/mol. The molecule has 1 aromatic heterocycles. The zero-order valence-electron chi connectivity index (χ0n) is 10.0. The molecule has 0 spiro atoms. The molecule has 2 aromatic rings. The highest BCUT2D eigenvalue weighted by Crippen LogP contribution is 2.27. The van der Waals surface area contributed by atoms with Gasteiger partial charge in [-0.25, -0.2) is 13.4 Å². The number of hydrogen-bond donors (Lipinski definition) is 0. The van der Waals surface area contributed by atoms with Crippen molar-refractivity contribution in [2.24, 2.45) is 0 Å². The van der Waals surface area contributed by atoms with Crippen LogP contribution in [0.1, 0.15) is 5.56 Å². The maximum Gasteiger partial charge on any atom is 0.175 e. The fraction of sp³-hybridized carbons (Fsp3) is 0.154. The van der Waals surface area contributed by atoms with Gasteiger partial charge in [0.2, 0.25) is 0 Å². The lowest BCUT2D eigenvalue weighted by atomic mass is 10.1. The van der Waals surface area contributed by atoms with E-state index < -0.39 is 9.84 Å². The molecule has 0 atom stereocenters. The van der Waals surface area contributed by atoms with Gasteiger partial charge in [0, 0.05) is 18.0 Å². The van der Waals surface area contributed by atoms with Crippen LogP contribution >= 0.6 is 11.6 Å². The minimum Gasteiger partial charge on any atom is -0.244 e. The van der Waals surface area contributed by atoms with Gasteiger partial charge in [0.15, 0.2) is 9.84 Å². The minimum absolute atomic E-state index is 0.294. The highest BCUT2D eigenvalue weighted by molar-refractivity contribution is 7.90. The normalized spacial score (nSPS) is 11.5. The second kappa shape index (κ2) is 4.71. The molecule has 0 aliphatic carbocycles. The molecule has 0 N–H and O–H groups in total. The Hall–Kier alpha value is -1.39. The number of rotatable bonds is 2. The molecule has 0 saturated heterocycles. The Labute approximate surface area is 111 Å². The second-order valence-corrected chi connectivity index (χ2v) is 6.52. The van der Waals surface area contributed by atoms with Crippen LogP contribution in [0.2, 0.25) is 5.15 Å². The number of pyridine rings is 1. The van der Waals surface area contributed by atoms with Crippen molar-refractivity contribution in [2.75, 3.05) is 6.26 Å². The van der Waals surface area contributed by atoms with Gasteiger partial charge in [0.1, 0.15) is 5.15 Å². The van der Waals surface area contributed by atoms with Gasteiger partial charge in [0.05, 0.1) is 4.90 Å². The summed E-state index contributed by atoms with van der Waals surface area (Å²) in [6, 6.07) is 8.54. The zero-order valence-corrected chi connectivity index (χ0v) is 11.6. The smallest absolute Gasteiger partial charge is 0.175 e. The Morgan fingerprint density at radius 2 is 1.78 bits per heavy atom. The Morgan fingerprint density at radius 3 is 2.33 bits per heavy atom. The Balaban J connectivity index is 2.50. The van der Waals surface area contributed by atoms with Gasteiger partial charge in [-0.3, -0.25) is 0 Å². The quantitative estimate of drug-likeness (QED) is 0.795. The number of aryl methyl sites for hydroxylation is 1. The van der Waals surface area contributed by atoms with Gasteiger partial charge in [-0.1, -0.05) is 23.7 Å². The maximum atomic E-state index is 11.4. The monoisotopic (exact) mass is 281 g/mol. The number of aromatic nitrogens is 1. The van der Waals surface area contributed by atoms with Gasteiger partial charge in [-0.15, -0.1) is 0 Å². The van der Waals surface area contributed by atoms with E-state index in [0.29, 0.717) is 10.0 Å². The van der Waals surface area contributed by atoms with Crippen molar-refractivity contribution < 1.29 is 8.42 Å². The van der Waals surface area contributed by atoms with Gasteiger partial charge >= 0.3 is 0 Å². The van der Waals surface area contributed by atoms with Crippen molar-refractivity contribution in [3.05, 3.63) is 47.2 Å². The van der Waals surface area contributed by atoms with Crippen LogP contribution in [0.4, 0.5) is 0 Å². The zero-order chi connectivity index (χ0) is 13.3. The molecule has 0 bridgehead atoms. The number of halogens is 1. The summed E-state index contributed by atoms with van der Waals surface area (Å²) in [5.41, 5.74) is 2.65. The third kappa shape index (κ3) is 2.71. The molecule has 3 nitrogen and oxygen atoms in total. The van der Waals surface area contributed by atoms with Crippen molar-refractivity contribution >= 4 is 21.4 Å². The summed E-state index contributed by atoms with van der Waals surface area (Å²) in [5.74, 6) is 0. The molecule has 5 heteroatoms. The lowest BCUT2D eigenvalue weighted by molar-refractivity contribution is 0.602. The number of benzene rings is 1. The third-order valence-corrected chi connectivity index (χ3v) is 4.00. The van der Waals surface area contributed by atoms with Crippen LogP contribution < -0.4 is 0 Å². The Bertz CT molecular complexity index is 679. The molecule has 0 saturated carbocycles. The van der Waals surface area contributed by atoms with Gasteiger partial charge in [0.25, 0.3) is 0 Å². The van der Waals surface area contributed by atoms with Crippen LogP contribution in [0.15, 0.2) is 41.4 Å². The van der Waals surface area contributed by atoms with E-state index in [1.165, 1.54) is 6.26 Å². The molecule has 0 radical (unpaired) electrons. The van der Waals surface area contributed by atoms with Crippen LogP contribution in [0.3, 0.4) is 0 Å². The summed E-state index contributed by atoms with van der Waals surface area (Å²) in [6.45, 7) is 1.93. The van der Waals surface area contributed by atoms with E-state index >= 15 is 0 Å². The standard InChI is InChI=1S/C13H12ClNO2S/c1-9-7-12(13(14)15-8-9)10-3-5-11(6-4-10)18(2,16)17/h3-8H,1-2H3. The van der Waals surface area contributed by atoms with Crippen LogP contribution in [0.5, 0.6) is 0 Å². The lowest BCUT2D eigenvalue weighted by Crippen LogP contribution is -1.96. The second-order valence-electron chi connectivity index (χ2n) is 4.15. The van der Waals surface area contributed by atoms with Crippen LogP contribution in [-0.2, 0) is 9.84 Å². The summed E-state index contributed by atoms with van der Waals surface area (Å²) in [5, 5.41) is 0.410. The molecule has 94 valence electrons. The average molecular weight is 282 g/mol. The molecule has 18 heavy (non-hydrogen) atoms. The van der Waals surface area contributed by atoms with E-state index in [0.717, 1.165) is 16.7 Å². The molecule has 0 aliphatic heterocycles. The van der Waals surface area contributed by atoms with Gasteiger partial charge in [-0.2, -0.15) is 0 Å². The minimum atomic E-state index is -3.17. The largest absolute Gasteiger partial charge is 0.244 e. The van der Waals surface area contributed by atoms with Crippen molar-refractivity contribution in [3.63, 3.8) is 0 Å². The number of sulfone groups is 1. The average Bonchev–Trinajstić information content (AvgIpc) is 2.31. The summed E-state index contributed by atoms with van der Waals surface area (Å²) < 4.78 is 22.7. The first kappa shape index (κ1) is 13.1. The van der Waals surface area contributed by atoms with E-state index in [4.69, 9.17) is 11.6 Å². The molecule has 0 unspecified atom stereocenters. The van der Waals surface area contributed by atoms with Crippen LogP contribution in [0, 0.1) is 6.92 Å². The van der Waals surface area contributed by atoms with Crippen molar-refractivity contribution in [2.45, 2.75) is 11.8 Å². The lowest BCUT2D eigenvalue weighted by Gasteiger charge is -2.06. The fourth-order valence-electron chi connectivity index (χ4n) is 1.64. The number of nitrogens with zero attached hydrogens (tertiary/aromatic N) is 1. The summed E-state index contributed by atoms with van der Waals surface area (Å²) in [6.07, 6.45) is 2.87. The van der Waals surface area contributed by atoms with Crippen LogP contribution in [0.25, 0.3) is 11.1 Å². The van der Waals surface area contributed by atoms with E-state index in [1.54, 1.807) is 30.5 Å². The van der Waals surface area contributed by atoms with E-state index in [-0.39, 0.29) is 0 Å². The molecular formula is C13H12ClNO2S. The summed E-state index contributed by atoms with van der Waals surface area (Å²) >= 11 is 6.03. The SMILES string of the molecule is Cc1cnc(Cl)c(-c2ccc(S(C)(=O)=O)cc2)c1. The summed E-state index contributed by atoms with van der Waals surface area (Å²) in [4.78, 5) is 4.37. The highest BCUT2D eigenvalue weighted by Gasteiger charge is 2.09. The predicted octanol–water partition coefficient (Wildman–Crippen LogP) is 3.11. The van der Waals surface area contributed by atoms with E-state index in [9.17, 15) is 8.42 Å². The first-order valence-electron chi connectivity index (χ1n) is 5.30. The van der Waals surface area contributed by atoms with Crippen molar-refractivity contribution in [3.8, 4) is 11.1 Å². The Kier molecular flexibility index (Phi) is 3.41. The van der Waals surface area contributed by atoms with Gasteiger partial charge < -0.3 is 0 Å². The topological polar surface area (TPSA) is 47.0 Å².